The number of nitrogens with one attached hydrogen (secondary N) is 1. The maximum atomic E-state index is 11.9. The smallest absolute Gasteiger partial charge is 0.409 e. The van der Waals surface area contributed by atoms with E-state index in [0.29, 0.717) is 10.2 Å². The molecule has 22 heavy (non-hydrogen) atoms. The number of anilines is 1. The first-order valence-electron chi connectivity index (χ1n) is 6.06. The molecule has 0 saturated carbocycles. The lowest BCUT2D eigenvalue weighted by atomic mass is 10.2. The zero-order valence-corrected chi connectivity index (χ0v) is 14.5. The number of carbonyl (C=O) groups excluding carboxylic acids is 1. The van der Waals surface area contributed by atoms with Crippen LogP contribution in [0.2, 0.25) is 0 Å². The van der Waals surface area contributed by atoms with Crippen LogP contribution in [-0.4, -0.2) is 11.0 Å². The fourth-order valence-corrected chi connectivity index (χ4v) is 2.82. The predicted molar refractivity (Wildman–Crippen MR) is 89.3 cm³/mol. The molecule has 2 aromatic carbocycles. The van der Waals surface area contributed by atoms with E-state index in [0.717, 1.165) is 10.0 Å². The number of hydrogen-bond acceptors (Lipinski definition) is 4. The first kappa shape index (κ1) is 16.4. The van der Waals surface area contributed by atoms with E-state index in [1.807, 2.05) is 0 Å². The maximum absolute atomic E-state index is 11.9. The Balaban J connectivity index is 2.17. The Kier molecular flexibility index (Phi) is 5.15. The number of ether oxygens (including phenoxy) is 1. The lowest BCUT2D eigenvalue weighted by Crippen LogP contribution is -2.17. The molecule has 8 heteroatoms. The van der Waals surface area contributed by atoms with Gasteiger partial charge in [-0.1, -0.05) is 22.0 Å². The largest absolute Gasteiger partial charge is 0.417 e. The number of halogens is 2. The number of nitro groups is 1. The quantitative estimate of drug-likeness (QED) is 0.547. The van der Waals surface area contributed by atoms with Crippen molar-refractivity contribution in [1.29, 1.82) is 0 Å². The summed E-state index contributed by atoms with van der Waals surface area (Å²) in [6, 6.07) is 9.53. The standard InChI is InChI=1S/C14H10Br2N2O4/c1-8-2-4-11(12(6-8)18(20)21)17-14(19)22-13-5-3-9(15)7-10(13)16/h2-7H,1H3,(H,17,19). The summed E-state index contributed by atoms with van der Waals surface area (Å²) in [7, 11) is 0. The minimum absolute atomic E-state index is 0.0776. The second-order valence-electron chi connectivity index (χ2n) is 4.37. The second-order valence-corrected chi connectivity index (χ2v) is 6.14. The number of aryl methyl sites for hydroxylation is 1. The van der Waals surface area contributed by atoms with Crippen molar-refractivity contribution in [3.05, 3.63) is 61.0 Å². The van der Waals surface area contributed by atoms with Crippen LogP contribution in [0.4, 0.5) is 16.2 Å². The van der Waals surface area contributed by atoms with Gasteiger partial charge in [-0.2, -0.15) is 0 Å². The number of hydrogen-bond donors (Lipinski definition) is 1. The summed E-state index contributed by atoms with van der Waals surface area (Å²) in [5.41, 5.74) is 0.613. The second kappa shape index (κ2) is 6.89. The fourth-order valence-electron chi connectivity index (χ4n) is 1.69. The van der Waals surface area contributed by atoms with Crippen molar-refractivity contribution in [3.63, 3.8) is 0 Å². The van der Waals surface area contributed by atoms with Gasteiger partial charge < -0.3 is 4.74 Å². The van der Waals surface area contributed by atoms with Gasteiger partial charge >= 0.3 is 6.09 Å². The predicted octanol–water partition coefficient (Wildman–Crippen LogP) is 5.04. The molecule has 0 aliphatic rings. The summed E-state index contributed by atoms with van der Waals surface area (Å²) >= 11 is 6.55. The Hall–Kier alpha value is -1.93. The van der Waals surface area contributed by atoms with E-state index in [9.17, 15) is 14.9 Å². The van der Waals surface area contributed by atoms with Gasteiger partial charge in [0.25, 0.3) is 5.69 Å². The zero-order chi connectivity index (χ0) is 16.3. The van der Waals surface area contributed by atoms with Crippen LogP contribution in [0, 0.1) is 17.0 Å². The Morgan fingerprint density at radius 1 is 1.23 bits per heavy atom. The molecule has 0 aromatic heterocycles. The molecule has 0 aliphatic heterocycles. The molecule has 0 bridgehead atoms. The van der Waals surface area contributed by atoms with Gasteiger partial charge in [-0.25, -0.2) is 4.79 Å². The van der Waals surface area contributed by atoms with E-state index in [-0.39, 0.29) is 11.4 Å². The average molecular weight is 430 g/mol. The third-order valence-corrected chi connectivity index (χ3v) is 3.80. The van der Waals surface area contributed by atoms with Crippen LogP contribution in [0.3, 0.4) is 0 Å². The third kappa shape index (κ3) is 4.05. The highest BCUT2D eigenvalue weighted by atomic mass is 79.9. The van der Waals surface area contributed by atoms with Crippen LogP contribution >= 0.6 is 31.9 Å². The van der Waals surface area contributed by atoms with Gasteiger partial charge in [-0.15, -0.1) is 0 Å². The van der Waals surface area contributed by atoms with Crippen LogP contribution in [0.5, 0.6) is 5.75 Å². The maximum Gasteiger partial charge on any atom is 0.417 e. The lowest BCUT2D eigenvalue weighted by molar-refractivity contribution is -0.384. The van der Waals surface area contributed by atoms with E-state index < -0.39 is 11.0 Å². The molecule has 0 unspecified atom stereocenters. The van der Waals surface area contributed by atoms with E-state index in [2.05, 4.69) is 37.2 Å². The monoisotopic (exact) mass is 428 g/mol. The Bertz CT molecular complexity index is 750. The van der Waals surface area contributed by atoms with Crippen molar-refractivity contribution in [2.24, 2.45) is 0 Å². The van der Waals surface area contributed by atoms with Gasteiger partial charge in [0.15, 0.2) is 0 Å². The van der Waals surface area contributed by atoms with Crippen molar-refractivity contribution >= 4 is 49.3 Å². The van der Waals surface area contributed by atoms with Crippen LogP contribution in [0.25, 0.3) is 0 Å². The van der Waals surface area contributed by atoms with Crippen molar-refractivity contribution in [2.75, 3.05) is 5.32 Å². The van der Waals surface area contributed by atoms with Crippen molar-refractivity contribution in [3.8, 4) is 5.75 Å². The first-order chi connectivity index (χ1) is 10.4. The summed E-state index contributed by atoms with van der Waals surface area (Å²) in [6.45, 7) is 1.73. The highest BCUT2D eigenvalue weighted by Crippen LogP contribution is 2.29. The van der Waals surface area contributed by atoms with Crippen molar-refractivity contribution < 1.29 is 14.5 Å². The molecule has 0 saturated heterocycles. The minimum atomic E-state index is -0.810. The number of benzene rings is 2. The molecule has 0 fully saturated rings. The molecular weight excluding hydrogens is 420 g/mol. The van der Waals surface area contributed by atoms with Crippen molar-refractivity contribution in [1.82, 2.24) is 0 Å². The Morgan fingerprint density at radius 2 is 1.95 bits per heavy atom. The zero-order valence-electron chi connectivity index (χ0n) is 11.3. The Morgan fingerprint density at radius 3 is 2.59 bits per heavy atom. The van der Waals surface area contributed by atoms with Gasteiger partial charge in [-0.05, 0) is 52.7 Å². The highest BCUT2D eigenvalue weighted by Gasteiger charge is 2.17. The van der Waals surface area contributed by atoms with Crippen LogP contribution in [0.15, 0.2) is 45.3 Å². The molecule has 1 amide bonds. The first-order valence-corrected chi connectivity index (χ1v) is 7.64. The average Bonchev–Trinajstić information content (AvgIpc) is 2.43. The molecule has 6 nitrogen and oxygen atoms in total. The molecule has 2 aromatic rings. The number of rotatable bonds is 3. The van der Waals surface area contributed by atoms with Crippen LogP contribution in [0.1, 0.15) is 5.56 Å². The lowest BCUT2D eigenvalue weighted by Gasteiger charge is -2.09. The SMILES string of the molecule is Cc1ccc(NC(=O)Oc2ccc(Br)cc2Br)c([N+](=O)[O-])c1. The molecule has 2 rings (SSSR count). The molecule has 0 atom stereocenters. The van der Waals surface area contributed by atoms with Crippen molar-refractivity contribution in [2.45, 2.75) is 6.92 Å². The van der Waals surface area contributed by atoms with Gasteiger partial charge in [0, 0.05) is 10.5 Å². The third-order valence-electron chi connectivity index (χ3n) is 2.68. The van der Waals surface area contributed by atoms with Gasteiger partial charge in [-0.3, -0.25) is 15.4 Å². The summed E-state index contributed by atoms with van der Waals surface area (Å²) in [5.74, 6) is 0.301. The Labute approximate surface area is 142 Å². The number of nitrogens with zero attached hydrogens (tertiary/aromatic N) is 1. The van der Waals surface area contributed by atoms with E-state index in [1.54, 1.807) is 31.2 Å². The van der Waals surface area contributed by atoms with E-state index in [1.165, 1.54) is 12.1 Å². The minimum Gasteiger partial charge on any atom is -0.409 e. The summed E-state index contributed by atoms with van der Waals surface area (Å²) in [5, 5.41) is 13.4. The molecular formula is C14H10Br2N2O4. The number of carbonyl (C=O) groups is 1. The summed E-state index contributed by atoms with van der Waals surface area (Å²) in [4.78, 5) is 22.3. The van der Waals surface area contributed by atoms with E-state index in [4.69, 9.17) is 4.74 Å². The molecule has 0 heterocycles. The normalized spacial score (nSPS) is 10.1. The topological polar surface area (TPSA) is 81.5 Å². The fraction of sp³-hybridized carbons (Fsp3) is 0.0714. The molecule has 114 valence electrons. The summed E-state index contributed by atoms with van der Waals surface area (Å²) < 4.78 is 6.53. The van der Waals surface area contributed by atoms with Gasteiger partial charge in [0.1, 0.15) is 11.4 Å². The van der Waals surface area contributed by atoms with Gasteiger partial charge in [0.05, 0.1) is 9.40 Å². The molecule has 1 N–H and O–H groups in total. The van der Waals surface area contributed by atoms with Crippen LogP contribution < -0.4 is 10.1 Å². The molecule has 0 spiro atoms. The number of amides is 1. The molecule has 0 aliphatic carbocycles. The highest BCUT2D eigenvalue weighted by molar-refractivity contribution is 9.11. The molecule has 0 radical (unpaired) electrons. The van der Waals surface area contributed by atoms with Gasteiger partial charge in [0.2, 0.25) is 0 Å². The summed E-state index contributed by atoms with van der Waals surface area (Å²) in [6.07, 6.45) is -0.810. The van der Waals surface area contributed by atoms with Crippen LogP contribution in [-0.2, 0) is 0 Å². The van der Waals surface area contributed by atoms with E-state index >= 15 is 0 Å². The number of nitro benzene ring substituents is 1.